The highest BCUT2D eigenvalue weighted by Crippen LogP contribution is 2.32. The van der Waals surface area contributed by atoms with Crippen LogP contribution in [0.3, 0.4) is 0 Å². The summed E-state index contributed by atoms with van der Waals surface area (Å²) in [5, 5.41) is 14.4. The van der Waals surface area contributed by atoms with Crippen LogP contribution in [0.4, 0.5) is 0 Å². The molecule has 2 aromatic rings. The van der Waals surface area contributed by atoms with Gasteiger partial charge in [-0.25, -0.2) is 9.48 Å². The number of rotatable bonds is 6. The Bertz CT molecular complexity index is 678. The second-order valence-electron chi connectivity index (χ2n) is 5.87. The molecule has 0 saturated heterocycles. The van der Waals surface area contributed by atoms with Gasteiger partial charge in [0.1, 0.15) is 5.56 Å². The molecule has 5 nitrogen and oxygen atoms in total. The van der Waals surface area contributed by atoms with Crippen LogP contribution < -0.4 is 0 Å². The molecule has 0 aliphatic heterocycles. The Balaban J connectivity index is 2.59. The molecule has 6 heteroatoms. The first-order valence-electron chi connectivity index (χ1n) is 7.53. The minimum Gasteiger partial charge on any atom is -0.462 e. The summed E-state index contributed by atoms with van der Waals surface area (Å²) < 4.78 is 6.84. The van der Waals surface area contributed by atoms with Crippen molar-refractivity contribution in [3.8, 4) is 5.69 Å². The molecule has 0 bridgehead atoms. The number of aliphatic hydroxyl groups excluding tert-OH is 1. The molecule has 0 saturated carbocycles. The summed E-state index contributed by atoms with van der Waals surface area (Å²) in [4.78, 5) is 12.3. The lowest BCUT2D eigenvalue weighted by molar-refractivity contribution is 0.0522. The van der Waals surface area contributed by atoms with Gasteiger partial charge in [0.25, 0.3) is 0 Å². The van der Waals surface area contributed by atoms with E-state index in [0.29, 0.717) is 29.3 Å². The average Bonchev–Trinajstić information content (AvgIpc) is 2.94. The summed E-state index contributed by atoms with van der Waals surface area (Å²) in [5.74, 6) is -0.409. The van der Waals surface area contributed by atoms with Crippen LogP contribution in [0.1, 0.15) is 43.2 Å². The van der Waals surface area contributed by atoms with Gasteiger partial charge in [-0.15, -0.1) is 0 Å². The van der Waals surface area contributed by atoms with Gasteiger partial charge in [-0.05, 0) is 37.6 Å². The highest BCUT2D eigenvalue weighted by Gasteiger charge is 2.32. The van der Waals surface area contributed by atoms with Gasteiger partial charge in [0, 0.05) is 17.0 Å². The standard InChI is InChI=1S/C17H21ClN2O3/c1-4-23-16(22)14-11-19-20(13-7-5-12(18)6-8-13)15(14)17(2,3)9-10-21/h5-8,11,21H,4,9-10H2,1-3H3. The number of carbonyl (C=O) groups is 1. The molecule has 1 heterocycles. The van der Waals surface area contributed by atoms with E-state index in [-0.39, 0.29) is 6.61 Å². The summed E-state index contributed by atoms with van der Waals surface area (Å²) in [5.41, 5.74) is 1.48. The van der Waals surface area contributed by atoms with Crippen LogP contribution in [-0.2, 0) is 10.2 Å². The monoisotopic (exact) mass is 336 g/mol. The lowest BCUT2D eigenvalue weighted by atomic mass is 9.83. The quantitative estimate of drug-likeness (QED) is 0.821. The highest BCUT2D eigenvalue weighted by atomic mass is 35.5. The molecule has 0 radical (unpaired) electrons. The minimum absolute atomic E-state index is 0.0149. The summed E-state index contributed by atoms with van der Waals surface area (Å²) in [6.45, 7) is 6.01. The zero-order chi connectivity index (χ0) is 17.0. The van der Waals surface area contributed by atoms with Crippen molar-refractivity contribution >= 4 is 17.6 Å². The van der Waals surface area contributed by atoms with Crippen LogP contribution in [0.15, 0.2) is 30.5 Å². The molecular weight excluding hydrogens is 316 g/mol. The lowest BCUT2D eigenvalue weighted by Gasteiger charge is -2.26. The number of aromatic nitrogens is 2. The van der Waals surface area contributed by atoms with E-state index in [0.717, 1.165) is 5.69 Å². The molecule has 1 aromatic carbocycles. The topological polar surface area (TPSA) is 64.3 Å². The summed E-state index contributed by atoms with van der Waals surface area (Å²) in [7, 11) is 0. The number of esters is 1. The molecule has 0 aliphatic carbocycles. The van der Waals surface area contributed by atoms with Crippen LogP contribution in [0, 0.1) is 0 Å². The molecule has 0 aliphatic rings. The van der Waals surface area contributed by atoms with Crippen molar-refractivity contribution in [3.63, 3.8) is 0 Å². The van der Waals surface area contributed by atoms with Crippen molar-refractivity contribution in [2.75, 3.05) is 13.2 Å². The van der Waals surface area contributed by atoms with Crippen LogP contribution in [0.2, 0.25) is 5.02 Å². The third-order valence-electron chi connectivity index (χ3n) is 3.71. The molecule has 1 aromatic heterocycles. The second kappa shape index (κ2) is 7.15. The number of carbonyl (C=O) groups excluding carboxylic acids is 1. The SMILES string of the molecule is CCOC(=O)c1cnn(-c2ccc(Cl)cc2)c1C(C)(C)CCO. The number of aliphatic hydroxyl groups is 1. The van der Waals surface area contributed by atoms with Crippen molar-refractivity contribution in [2.45, 2.75) is 32.6 Å². The second-order valence-corrected chi connectivity index (χ2v) is 6.31. The Morgan fingerprint density at radius 1 is 1.35 bits per heavy atom. The molecule has 0 fully saturated rings. The van der Waals surface area contributed by atoms with Gasteiger partial charge < -0.3 is 9.84 Å². The van der Waals surface area contributed by atoms with Crippen LogP contribution in [0.25, 0.3) is 5.69 Å². The fourth-order valence-electron chi connectivity index (χ4n) is 2.53. The van der Waals surface area contributed by atoms with Crippen molar-refractivity contribution in [1.82, 2.24) is 9.78 Å². The average molecular weight is 337 g/mol. The van der Waals surface area contributed by atoms with Crippen LogP contribution in [-0.4, -0.2) is 34.1 Å². The van der Waals surface area contributed by atoms with E-state index in [1.807, 2.05) is 26.0 Å². The zero-order valence-corrected chi connectivity index (χ0v) is 14.3. The normalized spacial score (nSPS) is 11.5. The van der Waals surface area contributed by atoms with Crippen LogP contribution >= 0.6 is 11.6 Å². The van der Waals surface area contributed by atoms with Gasteiger partial charge in [-0.1, -0.05) is 25.4 Å². The summed E-state index contributed by atoms with van der Waals surface area (Å²) in [6.07, 6.45) is 2.01. The molecular formula is C17H21ClN2O3. The lowest BCUT2D eigenvalue weighted by Crippen LogP contribution is -2.26. The number of hydrogen-bond acceptors (Lipinski definition) is 4. The highest BCUT2D eigenvalue weighted by molar-refractivity contribution is 6.30. The van der Waals surface area contributed by atoms with Gasteiger partial charge in [0.15, 0.2) is 0 Å². The maximum atomic E-state index is 12.3. The molecule has 2 rings (SSSR count). The predicted octanol–water partition coefficient (Wildman–Crippen LogP) is 3.36. The minimum atomic E-state index is -0.451. The largest absolute Gasteiger partial charge is 0.462 e. The van der Waals surface area contributed by atoms with Gasteiger partial charge in [-0.2, -0.15) is 5.10 Å². The number of ether oxygens (including phenoxy) is 1. The van der Waals surface area contributed by atoms with E-state index in [1.165, 1.54) is 6.20 Å². The molecule has 23 heavy (non-hydrogen) atoms. The van der Waals surface area contributed by atoms with Crippen molar-refractivity contribution in [1.29, 1.82) is 0 Å². The maximum Gasteiger partial charge on any atom is 0.341 e. The molecule has 0 unspecified atom stereocenters. The molecule has 0 amide bonds. The predicted molar refractivity (Wildman–Crippen MR) is 89.3 cm³/mol. The van der Waals surface area contributed by atoms with E-state index in [9.17, 15) is 9.90 Å². The summed E-state index contributed by atoms with van der Waals surface area (Å²) in [6, 6.07) is 7.21. The fourth-order valence-corrected chi connectivity index (χ4v) is 2.66. The molecule has 0 spiro atoms. The number of benzene rings is 1. The summed E-state index contributed by atoms with van der Waals surface area (Å²) >= 11 is 5.94. The van der Waals surface area contributed by atoms with Crippen molar-refractivity contribution < 1.29 is 14.6 Å². The van der Waals surface area contributed by atoms with Gasteiger partial charge in [0.05, 0.1) is 24.2 Å². The molecule has 0 atom stereocenters. The Morgan fingerprint density at radius 2 is 2.00 bits per heavy atom. The van der Waals surface area contributed by atoms with E-state index in [2.05, 4.69) is 5.10 Å². The third kappa shape index (κ3) is 3.74. The Hall–Kier alpha value is -1.85. The number of hydrogen-bond donors (Lipinski definition) is 1. The van der Waals surface area contributed by atoms with Crippen molar-refractivity contribution in [3.05, 3.63) is 46.7 Å². The van der Waals surface area contributed by atoms with Gasteiger partial charge in [0.2, 0.25) is 0 Å². The molecule has 1 N–H and O–H groups in total. The van der Waals surface area contributed by atoms with Gasteiger partial charge >= 0.3 is 5.97 Å². The van der Waals surface area contributed by atoms with Crippen LogP contribution in [0.5, 0.6) is 0 Å². The van der Waals surface area contributed by atoms with E-state index >= 15 is 0 Å². The number of halogens is 1. The zero-order valence-electron chi connectivity index (χ0n) is 13.5. The van der Waals surface area contributed by atoms with E-state index < -0.39 is 11.4 Å². The first-order valence-corrected chi connectivity index (χ1v) is 7.91. The molecule has 124 valence electrons. The number of nitrogens with zero attached hydrogens (tertiary/aromatic N) is 2. The first kappa shape index (κ1) is 17.5. The Kier molecular flexibility index (Phi) is 5.44. The Labute approximate surface area is 140 Å². The third-order valence-corrected chi connectivity index (χ3v) is 3.97. The van der Waals surface area contributed by atoms with Crippen molar-refractivity contribution in [2.24, 2.45) is 0 Å². The van der Waals surface area contributed by atoms with E-state index in [4.69, 9.17) is 16.3 Å². The Morgan fingerprint density at radius 3 is 2.57 bits per heavy atom. The van der Waals surface area contributed by atoms with E-state index in [1.54, 1.807) is 23.7 Å². The van der Waals surface area contributed by atoms with Gasteiger partial charge in [-0.3, -0.25) is 0 Å². The smallest absolute Gasteiger partial charge is 0.341 e. The first-order chi connectivity index (χ1) is 10.9. The fraction of sp³-hybridized carbons (Fsp3) is 0.412. The maximum absolute atomic E-state index is 12.3.